The normalized spacial score (nSPS) is 12.6. The predicted molar refractivity (Wildman–Crippen MR) is 90.3 cm³/mol. The van der Waals surface area contributed by atoms with E-state index >= 15 is 0 Å². The summed E-state index contributed by atoms with van der Waals surface area (Å²) < 4.78 is 5.46. The second-order valence-corrected chi connectivity index (χ2v) is 6.60. The fraction of sp³-hybridized carbons (Fsp3) is 0.176. The lowest BCUT2D eigenvalue weighted by atomic mass is 9.96. The summed E-state index contributed by atoms with van der Waals surface area (Å²) in [6.45, 7) is 2.16. The molecule has 0 spiro atoms. The standard InChI is InChI=1S/C17H15BrOS/c1-11-7-8-12-5-3-4-6-13(12)15(11)16(18)17-14(19-2)9-10-20-17/h3-10,16H,1-2H3. The van der Waals surface area contributed by atoms with E-state index in [1.807, 2.05) is 6.07 Å². The Bertz CT molecular complexity index is 748. The van der Waals surface area contributed by atoms with Crippen LogP contribution in [0.2, 0.25) is 0 Å². The maximum Gasteiger partial charge on any atom is 0.134 e. The summed E-state index contributed by atoms with van der Waals surface area (Å²) in [6, 6.07) is 14.9. The zero-order valence-electron chi connectivity index (χ0n) is 11.4. The van der Waals surface area contributed by atoms with Crippen molar-refractivity contribution in [3.05, 3.63) is 63.8 Å². The summed E-state index contributed by atoms with van der Waals surface area (Å²) in [6.07, 6.45) is 0. The summed E-state index contributed by atoms with van der Waals surface area (Å²) in [4.78, 5) is 1.37. The second kappa shape index (κ2) is 5.58. The molecule has 102 valence electrons. The molecule has 2 aromatic carbocycles. The quantitative estimate of drug-likeness (QED) is 0.552. The van der Waals surface area contributed by atoms with Gasteiger partial charge in [0.15, 0.2) is 0 Å². The maximum atomic E-state index is 5.46. The van der Waals surface area contributed by atoms with Crippen molar-refractivity contribution < 1.29 is 4.74 Å². The van der Waals surface area contributed by atoms with Crippen LogP contribution in [0.1, 0.15) is 20.8 Å². The van der Waals surface area contributed by atoms with E-state index in [4.69, 9.17) is 4.74 Å². The first-order valence-electron chi connectivity index (χ1n) is 6.46. The molecule has 1 atom stereocenters. The molecule has 3 heteroatoms. The SMILES string of the molecule is COc1ccsc1C(Br)c1c(C)ccc2ccccc12. The van der Waals surface area contributed by atoms with Gasteiger partial charge in [-0.15, -0.1) is 11.3 Å². The molecule has 0 saturated heterocycles. The van der Waals surface area contributed by atoms with Gasteiger partial charge in [-0.1, -0.05) is 52.3 Å². The van der Waals surface area contributed by atoms with Crippen LogP contribution < -0.4 is 4.74 Å². The number of halogens is 1. The molecule has 0 fully saturated rings. The Morgan fingerprint density at radius 2 is 1.90 bits per heavy atom. The summed E-state index contributed by atoms with van der Waals surface area (Å²) in [7, 11) is 1.72. The topological polar surface area (TPSA) is 9.23 Å². The summed E-state index contributed by atoms with van der Waals surface area (Å²) >= 11 is 5.59. The Kier molecular flexibility index (Phi) is 3.81. The van der Waals surface area contributed by atoms with Crippen molar-refractivity contribution in [1.82, 2.24) is 0 Å². The Balaban J connectivity index is 2.21. The molecule has 1 unspecified atom stereocenters. The minimum absolute atomic E-state index is 0.156. The number of benzene rings is 2. The molecule has 0 aliphatic carbocycles. The molecule has 3 rings (SSSR count). The molecule has 3 aromatic rings. The third-order valence-corrected chi connectivity index (χ3v) is 5.73. The molecule has 0 aliphatic heterocycles. The van der Waals surface area contributed by atoms with Crippen molar-refractivity contribution in [2.45, 2.75) is 11.8 Å². The van der Waals surface area contributed by atoms with E-state index in [9.17, 15) is 0 Å². The third kappa shape index (κ3) is 2.25. The van der Waals surface area contributed by atoms with Gasteiger partial charge in [0.2, 0.25) is 0 Å². The molecule has 0 aliphatic rings. The zero-order valence-corrected chi connectivity index (χ0v) is 13.8. The molecule has 0 radical (unpaired) electrons. The van der Waals surface area contributed by atoms with Gasteiger partial charge in [0.1, 0.15) is 5.75 Å². The monoisotopic (exact) mass is 346 g/mol. The fourth-order valence-electron chi connectivity index (χ4n) is 2.53. The molecule has 20 heavy (non-hydrogen) atoms. The smallest absolute Gasteiger partial charge is 0.134 e. The third-order valence-electron chi connectivity index (χ3n) is 3.55. The van der Waals surface area contributed by atoms with Gasteiger partial charge in [-0.25, -0.2) is 0 Å². The van der Waals surface area contributed by atoms with Crippen LogP contribution in [0.15, 0.2) is 47.8 Å². The minimum Gasteiger partial charge on any atom is -0.496 e. The van der Waals surface area contributed by atoms with Crippen LogP contribution in [0.25, 0.3) is 10.8 Å². The van der Waals surface area contributed by atoms with E-state index in [2.05, 4.69) is 64.6 Å². The first kappa shape index (κ1) is 13.7. The lowest BCUT2D eigenvalue weighted by molar-refractivity contribution is 0.413. The van der Waals surface area contributed by atoms with Gasteiger partial charge < -0.3 is 4.74 Å². The highest BCUT2D eigenvalue weighted by molar-refractivity contribution is 9.09. The Hall–Kier alpha value is -1.32. The van der Waals surface area contributed by atoms with Crippen molar-refractivity contribution in [3.8, 4) is 5.75 Å². The average molecular weight is 347 g/mol. The summed E-state index contributed by atoms with van der Waals surface area (Å²) in [5, 5.41) is 4.64. The molecular weight excluding hydrogens is 332 g/mol. The lowest BCUT2D eigenvalue weighted by Crippen LogP contribution is -1.97. The fourth-order valence-corrected chi connectivity index (χ4v) is 4.53. The van der Waals surface area contributed by atoms with E-state index < -0.39 is 0 Å². The second-order valence-electron chi connectivity index (χ2n) is 4.73. The number of aryl methyl sites for hydroxylation is 1. The molecular formula is C17H15BrOS. The average Bonchev–Trinajstić information content (AvgIpc) is 2.95. The Labute approximate surface area is 131 Å². The lowest BCUT2D eigenvalue weighted by Gasteiger charge is -2.16. The Morgan fingerprint density at radius 1 is 1.10 bits per heavy atom. The van der Waals surface area contributed by atoms with Crippen LogP contribution in [-0.2, 0) is 0 Å². The van der Waals surface area contributed by atoms with Crippen LogP contribution in [0, 0.1) is 6.92 Å². The summed E-state index contributed by atoms with van der Waals surface area (Å²) in [5.74, 6) is 0.948. The van der Waals surface area contributed by atoms with Gasteiger partial charge in [-0.2, -0.15) is 0 Å². The number of rotatable bonds is 3. The first-order chi connectivity index (χ1) is 9.72. The number of fused-ring (bicyclic) bond motifs is 1. The minimum atomic E-state index is 0.156. The molecule has 0 saturated carbocycles. The van der Waals surface area contributed by atoms with Gasteiger partial charge >= 0.3 is 0 Å². The van der Waals surface area contributed by atoms with Crippen LogP contribution in [-0.4, -0.2) is 7.11 Å². The van der Waals surface area contributed by atoms with Gasteiger partial charge in [-0.05, 0) is 40.3 Å². The Morgan fingerprint density at radius 3 is 2.70 bits per heavy atom. The van der Waals surface area contributed by atoms with Crippen LogP contribution in [0.4, 0.5) is 0 Å². The van der Waals surface area contributed by atoms with Crippen molar-refractivity contribution in [3.63, 3.8) is 0 Å². The van der Waals surface area contributed by atoms with Gasteiger partial charge in [-0.3, -0.25) is 0 Å². The number of alkyl halides is 1. The van der Waals surface area contributed by atoms with E-state index in [0.29, 0.717) is 0 Å². The zero-order chi connectivity index (χ0) is 14.1. The van der Waals surface area contributed by atoms with Crippen molar-refractivity contribution in [2.24, 2.45) is 0 Å². The van der Waals surface area contributed by atoms with Crippen molar-refractivity contribution >= 4 is 38.0 Å². The van der Waals surface area contributed by atoms with Gasteiger partial charge in [0.05, 0.1) is 16.8 Å². The molecule has 1 nitrogen and oxygen atoms in total. The van der Waals surface area contributed by atoms with Crippen LogP contribution >= 0.6 is 27.3 Å². The van der Waals surface area contributed by atoms with Gasteiger partial charge in [0.25, 0.3) is 0 Å². The largest absolute Gasteiger partial charge is 0.496 e. The van der Waals surface area contributed by atoms with E-state index in [-0.39, 0.29) is 4.83 Å². The molecule has 0 bridgehead atoms. The van der Waals surface area contributed by atoms with Crippen molar-refractivity contribution in [2.75, 3.05) is 7.11 Å². The van der Waals surface area contributed by atoms with E-state index in [0.717, 1.165) is 5.75 Å². The number of ether oxygens (including phenoxy) is 1. The van der Waals surface area contributed by atoms with E-state index in [1.165, 1.54) is 26.8 Å². The van der Waals surface area contributed by atoms with Crippen LogP contribution in [0.5, 0.6) is 5.75 Å². The highest BCUT2D eigenvalue weighted by atomic mass is 79.9. The molecule has 1 aromatic heterocycles. The molecule has 1 heterocycles. The summed E-state index contributed by atoms with van der Waals surface area (Å²) in [5.41, 5.74) is 2.62. The number of hydrogen-bond acceptors (Lipinski definition) is 2. The van der Waals surface area contributed by atoms with Gasteiger partial charge in [0, 0.05) is 0 Å². The van der Waals surface area contributed by atoms with Crippen LogP contribution in [0.3, 0.4) is 0 Å². The van der Waals surface area contributed by atoms with E-state index in [1.54, 1.807) is 18.4 Å². The maximum absolute atomic E-state index is 5.46. The number of thiophene rings is 1. The highest BCUT2D eigenvalue weighted by Crippen LogP contribution is 2.43. The molecule has 0 amide bonds. The molecule has 0 N–H and O–H groups in total. The highest BCUT2D eigenvalue weighted by Gasteiger charge is 2.20. The predicted octanol–water partition coefficient (Wildman–Crippen LogP) is 5.70. The number of methoxy groups -OCH3 is 1. The first-order valence-corrected chi connectivity index (χ1v) is 8.25. The number of hydrogen-bond donors (Lipinski definition) is 0. The van der Waals surface area contributed by atoms with Crippen molar-refractivity contribution in [1.29, 1.82) is 0 Å².